The molecule has 1 N–H and O–H groups in total. The molecule has 0 saturated heterocycles. The van der Waals surface area contributed by atoms with Gasteiger partial charge in [0.05, 0.1) is 18.0 Å². The summed E-state index contributed by atoms with van der Waals surface area (Å²) < 4.78 is 5.34. The number of thiophene rings is 1. The van der Waals surface area contributed by atoms with E-state index in [2.05, 4.69) is 5.32 Å². The predicted octanol–water partition coefficient (Wildman–Crippen LogP) is 2.20. The summed E-state index contributed by atoms with van der Waals surface area (Å²) >= 11 is 1.55. The summed E-state index contributed by atoms with van der Waals surface area (Å²) in [5, 5.41) is 15.3. The zero-order valence-corrected chi connectivity index (χ0v) is 15.0. The number of non-ortho nitro benzene ring substituents is 1. The molecule has 0 aliphatic rings. The Bertz CT molecular complexity index is 746. The van der Waals surface area contributed by atoms with Crippen LogP contribution in [-0.4, -0.2) is 41.3 Å². The number of hydrogen-bond acceptors (Lipinski definition) is 6. The quantitative estimate of drug-likeness (QED) is 0.533. The van der Waals surface area contributed by atoms with Gasteiger partial charge in [-0.15, -0.1) is 11.3 Å². The third-order valence-electron chi connectivity index (χ3n) is 3.52. The highest BCUT2D eigenvalue weighted by Gasteiger charge is 2.16. The van der Waals surface area contributed by atoms with Gasteiger partial charge in [0.1, 0.15) is 5.75 Å². The summed E-state index contributed by atoms with van der Waals surface area (Å²) in [5.74, 6) is -0.233. The van der Waals surface area contributed by atoms with Crippen molar-refractivity contribution in [3.8, 4) is 5.75 Å². The number of amides is 2. The van der Waals surface area contributed by atoms with Gasteiger partial charge < -0.3 is 15.0 Å². The van der Waals surface area contributed by atoms with Crippen LogP contribution in [0.15, 0.2) is 41.8 Å². The van der Waals surface area contributed by atoms with E-state index < -0.39 is 4.92 Å². The van der Waals surface area contributed by atoms with Gasteiger partial charge in [-0.05, 0) is 30.5 Å². The number of carbonyl (C=O) groups excluding carboxylic acids is 2. The van der Waals surface area contributed by atoms with Crippen molar-refractivity contribution in [2.45, 2.75) is 13.5 Å². The van der Waals surface area contributed by atoms with Crippen molar-refractivity contribution in [1.82, 2.24) is 10.2 Å². The lowest BCUT2D eigenvalue weighted by atomic mass is 10.3. The fraction of sp³-hybridized carbons (Fsp3) is 0.294. The standard InChI is InChI=1S/C17H19N3O5S/c1-2-19(11-16(21)18-10-15-4-3-9-26-15)17(22)12-25-14-7-5-13(6-8-14)20(23)24/h3-9H,2,10-12H2,1H3,(H,18,21). The smallest absolute Gasteiger partial charge is 0.269 e. The molecule has 26 heavy (non-hydrogen) atoms. The van der Waals surface area contributed by atoms with E-state index in [9.17, 15) is 19.7 Å². The number of nitro groups is 1. The second-order valence-corrected chi connectivity index (χ2v) is 6.34. The molecule has 0 aliphatic carbocycles. The van der Waals surface area contributed by atoms with Gasteiger partial charge in [-0.25, -0.2) is 0 Å². The van der Waals surface area contributed by atoms with Crippen LogP contribution in [0.25, 0.3) is 0 Å². The van der Waals surface area contributed by atoms with E-state index in [1.807, 2.05) is 17.5 Å². The number of nitrogens with one attached hydrogen (secondary N) is 1. The van der Waals surface area contributed by atoms with Crippen LogP contribution in [-0.2, 0) is 16.1 Å². The number of rotatable bonds is 9. The molecule has 1 heterocycles. The minimum absolute atomic E-state index is 0.0513. The van der Waals surface area contributed by atoms with E-state index in [0.717, 1.165) is 4.88 Å². The summed E-state index contributed by atoms with van der Waals surface area (Å²) in [6.45, 7) is 2.28. The Morgan fingerprint density at radius 1 is 1.27 bits per heavy atom. The minimum Gasteiger partial charge on any atom is -0.484 e. The van der Waals surface area contributed by atoms with E-state index in [-0.39, 0.29) is 30.7 Å². The van der Waals surface area contributed by atoms with Crippen LogP contribution in [0.2, 0.25) is 0 Å². The molecule has 0 atom stereocenters. The number of nitrogens with zero attached hydrogens (tertiary/aromatic N) is 2. The minimum atomic E-state index is -0.511. The van der Waals surface area contributed by atoms with Crippen molar-refractivity contribution in [2.24, 2.45) is 0 Å². The average Bonchev–Trinajstić information content (AvgIpc) is 3.16. The van der Waals surface area contributed by atoms with E-state index in [4.69, 9.17) is 4.74 Å². The molecule has 0 unspecified atom stereocenters. The molecule has 0 bridgehead atoms. The Hall–Kier alpha value is -2.94. The summed E-state index contributed by atoms with van der Waals surface area (Å²) in [5.41, 5.74) is -0.0544. The summed E-state index contributed by atoms with van der Waals surface area (Å²) in [6.07, 6.45) is 0. The first kappa shape index (κ1) is 19.4. The normalized spacial score (nSPS) is 10.2. The Morgan fingerprint density at radius 2 is 2.00 bits per heavy atom. The van der Waals surface area contributed by atoms with Gasteiger partial charge in [0.2, 0.25) is 5.91 Å². The van der Waals surface area contributed by atoms with E-state index in [1.54, 1.807) is 18.3 Å². The van der Waals surface area contributed by atoms with Crippen molar-refractivity contribution in [2.75, 3.05) is 19.7 Å². The van der Waals surface area contributed by atoms with Gasteiger partial charge in [0.25, 0.3) is 11.6 Å². The first-order valence-electron chi connectivity index (χ1n) is 7.93. The molecule has 0 aliphatic heterocycles. The number of likely N-dealkylation sites (N-methyl/N-ethyl adjacent to an activating group) is 1. The first-order chi connectivity index (χ1) is 12.5. The van der Waals surface area contributed by atoms with Gasteiger partial charge in [0.15, 0.2) is 6.61 Å². The molecule has 0 radical (unpaired) electrons. The molecule has 1 aromatic carbocycles. The van der Waals surface area contributed by atoms with Gasteiger partial charge in [-0.2, -0.15) is 0 Å². The third-order valence-corrected chi connectivity index (χ3v) is 4.40. The second-order valence-electron chi connectivity index (χ2n) is 5.30. The first-order valence-corrected chi connectivity index (χ1v) is 8.81. The fourth-order valence-corrected chi connectivity index (χ4v) is 2.75. The predicted molar refractivity (Wildman–Crippen MR) is 97.0 cm³/mol. The van der Waals surface area contributed by atoms with Gasteiger partial charge in [0, 0.05) is 23.6 Å². The largest absolute Gasteiger partial charge is 0.484 e. The fourth-order valence-electron chi connectivity index (χ4n) is 2.10. The summed E-state index contributed by atoms with van der Waals surface area (Å²) in [7, 11) is 0. The Morgan fingerprint density at radius 3 is 2.58 bits per heavy atom. The monoisotopic (exact) mass is 377 g/mol. The number of nitro benzene ring substituents is 1. The third kappa shape index (κ3) is 5.85. The highest BCUT2D eigenvalue weighted by Crippen LogP contribution is 2.17. The van der Waals surface area contributed by atoms with Crippen molar-refractivity contribution < 1.29 is 19.2 Å². The molecular formula is C17H19N3O5S. The topological polar surface area (TPSA) is 102 Å². The van der Waals surface area contributed by atoms with Crippen LogP contribution in [0.5, 0.6) is 5.75 Å². The second kappa shape index (κ2) is 9.52. The number of ether oxygens (including phenoxy) is 1. The van der Waals surface area contributed by atoms with Crippen LogP contribution in [0.4, 0.5) is 5.69 Å². The summed E-state index contributed by atoms with van der Waals surface area (Å²) in [4.78, 5) is 36.7. The number of hydrogen-bond donors (Lipinski definition) is 1. The number of benzene rings is 1. The van der Waals surface area contributed by atoms with Crippen molar-refractivity contribution in [1.29, 1.82) is 0 Å². The van der Waals surface area contributed by atoms with Crippen molar-refractivity contribution in [3.63, 3.8) is 0 Å². The van der Waals surface area contributed by atoms with Crippen LogP contribution in [0.1, 0.15) is 11.8 Å². The molecular weight excluding hydrogens is 358 g/mol. The molecule has 1 aromatic heterocycles. The zero-order chi connectivity index (χ0) is 18.9. The molecule has 9 heteroatoms. The van der Waals surface area contributed by atoms with Gasteiger partial charge >= 0.3 is 0 Å². The Kier molecular flexibility index (Phi) is 7.10. The van der Waals surface area contributed by atoms with E-state index in [1.165, 1.54) is 29.2 Å². The molecule has 2 aromatic rings. The highest BCUT2D eigenvalue weighted by atomic mass is 32.1. The molecule has 2 rings (SSSR count). The zero-order valence-electron chi connectivity index (χ0n) is 14.2. The van der Waals surface area contributed by atoms with Crippen LogP contribution < -0.4 is 10.1 Å². The summed E-state index contributed by atoms with van der Waals surface area (Å²) in [6, 6.07) is 9.28. The lowest BCUT2D eigenvalue weighted by molar-refractivity contribution is -0.384. The van der Waals surface area contributed by atoms with Crippen LogP contribution >= 0.6 is 11.3 Å². The van der Waals surface area contributed by atoms with Gasteiger partial charge in [-0.1, -0.05) is 6.07 Å². The molecule has 0 saturated carbocycles. The molecule has 8 nitrogen and oxygen atoms in total. The highest BCUT2D eigenvalue weighted by molar-refractivity contribution is 7.09. The molecule has 0 fully saturated rings. The molecule has 138 valence electrons. The average molecular weight is 377 g/mol. The van der Waals surface area contributed by atoms with E-state index >= 15 is 0 Å². The Labute approximate surface area is 154 Å². The van der Waals surface area contributed by atoms with Crippen molar-refractivity contribution >= 4 is 28.8 Å². The maximum atomic E-state index is 12.2. The molecule has 0 spiro atoms. The molecule has 2 amide bonds. The van der Waals surface area contributed by atoms with E-state index in [0.29, 0.717) is 18.8 Å². The van der Waals surface area contributed by atoms with Crippen LogP contribution in [0, 0.1) is 10.1 Å². The SMILES string of the molecule is CCN(CC(=O)NCc1cccs1)C(=O)COc1ccc([N+](=O)[O-])cc1. The van der Waals surface area contributed by atoms with Crippen LogP contribution in [0.3, 0.4) is 0 Å². The van der Waals surface area contributed by atoms with Gasteiger partial charge in [-0.3, -0.25) is 19.7 Å². The maximum Gasteiger partial charge on any atom is 0.269 e. The number of carbonyl (C=O) groups is 2. The lowest BCUT2D eigenvalue weighted by Gasteiger charge is -2.20. The maximum absolute atomic E-state index is 12.2. The lowest BCUT2D eigenvalue weighted by Crippen LogP contribution is -2.42. The Balaban J connectivity index is 1.79. The van der Waals surface area contributed by atoms with Crippen molar-refractivity contribution in [3.05, 3.63) is 56.8 Å².